The molecule has 4 rings (SSSR count). The van der Waals surface area contributed by atoms with Crippen molar-refractivity contribution in [2.45, 2.75) is 45.8 Å². The molecule has 194 valence electrons. The molecule has 7 nitrogen and oxygen atoms in total. The molecular formula is C30H35N3O4. The Morgan fingerprint density at radius 1 is 0.973 bits per heavy atom. The van der Waals surface area contributed by atoms with Crippen LogP contribution in [0.5, 0.6) is 17.2 Å². The number of hydrogen-bond acceptors (Lipinski definition) is 5. The molecule has 0 saturated heterocycles. The van der Waals surface area contributed by atoms with Gasteiger partial charge in [-0.05, 0) is 48.2 Å². The second-order valence-corrected chi connectivity index (χ2v) is 9.53. The second kappa shape index (κ2) is 11.8. The third-order valence-electron chi connectivity index (χ3n) is 6.68. The predicted octanol–water partition coefficient (Wildman–Crippen LogP) is 5.61. The average molecular weight is 502 g/mol. The molecule has 0 aliphatic carbocycles. The standard InChI is InChI=1S/C30H35N3O4/c1-20(2)21(3)32-29(34)17-26(23-14-24(35-4)16-25(15-23)36-5)27-18-31-30-28(12-9-13-33(27)30)37-19-22-10-7-6-8-11-22/h6-16,18,20-21,26H,17,19H2,1-5H3,(H,32,34). The summed E-state index contributed by atoms with van der Waals surface area (Å²) >= 11 is 0. The monoisotopic (exact) mass is 501 g/mol. The molecule has 7 heteroatoms. The summed E-state index contributed by atoms with van der Waals surface area (Å²) in [5.41, 5.74) is 3.56. The Hall–Kier alpha value is -4.00. The zero-order valence-electron chi connectivity index (χ0n) is 22.1. The van der Waals surface area contributed by atoms with Crippen LogP contribution in [0.3, 0.4) is 0 Å². The van der Waals surface area contributed by atoms with Crippen LogP contribution in [0.2, 0.25) is 0 Å². The first-order chi connectivity index (χ1) is 17.9. The van der Waals surface area contributed by atoms with Crippen LogP contribution in [0, 0.1) is 5.92 Å². The summed E-state index contributed by atoms with van der Waals surface area (Å²) in [6.45, 7) is 6.65. The Labute approximate surface area is 218 Å². The third kappa shape index (κ3) is 6.23. The van der Waals surface area contributed by atoms with E-state index in [1.807, 2.05) is 84.4 Å². The number of nitrogens with one attached hydrogen (secondary N) is 1. The van der Waals surface area contributed by atoms with E-state index in [1.165, 1.54) is 0 Å². The minimum absolute atomic E-state index is 0.0283. The molecule has 2 heterocycles. The van der Waals surface area contributed by atoms with Crippen LogP contribution in [0.25, 0.3) is 5.65 Å². The van der Waals surface area contributed by atoms with Gasteiger partial charge in [0, 0.05) is 36.8 Å². The van der Waals surface area contributed by atoms with E-state index >= 15 is 0 Å². The van der Waals surface area contributed by atoms with E-state index in [0.29, 0.717) is 35.4 Å². The maximum absolute atomic E-state index is 13.2. The smallest absolute Gasteiger partial charge is 0.221 e. The summed E-state index contributed by atoms with van der Waals surface area (Å²) in [5, 5.41) is 3.14. The number of carbonyl (C=O) groups excluding carboxylic acids is 1. The third-order valence-corrected chi connectivity index (χ3v) is 6.68. The summed E-state index contributed by atoms with van der Waals surface area (Å²) in [6, 6.07) is 19.6. The van der Waals surface area contributed by atoms with Crippen LogP contribution in [0.4, 0.5) is 0 Å². The summed E-state index contributed by atoms with van der Waals surface area (Å²) in [7, 11) is 3.24. The maximum Gasteiger partial charge on any atom is 0.221 e. The Morgan fingerprint density at radius 2 is 1.68 bits per heavy atom. The number of pyridine rings is 1. The van der Waals surface area contributed by atoms with Gasteiger partial charge >= 0.3 is 0 Å². The second-order valence-electron chi connectivity index (χ2n) is 9.53. The molecule has 2 atom stereocenters. The van der Waals surface area contributed by atoms with Crippen molar-refractivity contribution in [3.63, 3.8) is 0 Å². The average Bonchev–Trinajstić information content (AvgIpc) is 3.35. The SMILES string of the molecule is COc1cc(OC)cc(C(CC(=O)NC(C)C(C)C)c2cnc3c(OCc4ccccc4)cccn23)c1. The quantitative estimate of drug-likeness (QED) is 0.289. The minimum atomic E-state index is -0.289. The summed E-state index contributed by atoms with van der Waals surface area (Å²) in [6.07, 6.45) is 4.02. The largest absolute Gasteiger partial charge is 0.497 e. The van der Waals surface area contributed by atoms with Crippen molar-refractivity contribution >= 4 is 11.6 Å². The van der Waals surface area contributed by atoms with E-state index in [4.69, 9.17) is 19.2 Å². The number of amides is 1. The molecule has 0 aliphatic rings. The van der Waals surface area contributed by atoms with Gasteiger partial charge in [-0.3, -0.25) is 4.79 Å². The molecule has 0 aliphatic heterocycles. The molecule has 37 heavy (non-hydrogen) atoms. The van der Waals surface area contributed by atoms with Crippen LogP contribution in [-0.4, -0.2) is 35.6 Å². The molecule has 1 N–H and O–H groups in total. The van der Waals surface area contributed by atoms with E-state index in [0.717, 1.165) is 16.8 Å². The number of aromatic nitrogens is 2. The number of carbonyl (C=O) groups is 1. The topological polar surface area (TPSA) is 74.1 Å². The number of benzene rings is 2. The summed E-state index contributed by atoms with van der Waals surface area (Å²) < 4.78 is 19.2. The van der Waals surface area contributed by atoms with Crippen molar-refractivity contribution in [2.75, 3.05) is 14.2 Å². The number of rotatable bonds is 11. The first kappa shape index (κ1) is 26.1. The predicted molar refractivity (Wildman–Crippen MR) is 144 cm³/mol. The van der Waals surface area contributed by atoms with Crippen molar-refractivity contribution in [1.82, 2.24) is 14.7 Å². The van der Waals surface area contributed by atoms with Crippen LogP contribution >= 0.6 is 0 Å². The molecule has 0 saturated carbocycles. The first-order valence-corrected chi connectivity index (χ1v) is 12.5. The van der Waals surface area contributed by atoms with Crippen LogP contribution in [0.15, 0.2) is 73.1 Å². The zero-order valence-corrected chi connectivity index (χ0v) is 22.1. The van der Waals surface area contributed by atoms with E-state index < -0.39 is 0 Å². The molecule has 0 spiro atoms. The van der Waals surface area contributed by atoms with Gasteiger partial charge in [-0.15, -0.1) is 0 Å². The maximum atomic E-state index is 13.2. The van der Waals surface area contributed by atoms with Crippen LogP contribution in [0.1, 0.15) is 49.9 Å². The minimum Gasteiger partial charge on any atom is -0.497 e. The van der Waals surface area contributed by atoms with E-state index in [1.54, 1.807) is 14.2 Å². The summed E-state index contributed by atoms with van der Waals surface area (Å²) in [5.74, 6) is 2.02. The molecular weight excluding hydrogens is 466 g/mol. The number of methoxy groups -OCH3 is 2. The molecule has 2 aromatic carbocycles. The van der Waals surface area contributed by atoms with Gasteiger partial charge in [0.25, 0.3) is 0 Å². The van der Waals surface area contributed by atoms with Crippen LogP contribution in [-0.2, 0) is 11.4 Å². The van der Waals surface area contributed by atoms with Crippen LogP contribution < -0.4 is 19.5 Å². The molecule has 4 aromatic rings. The highest BCUT2D eigenvalue weighted by molar-refractivity contribution is 5.78. The lowest BCUT2D eigenvalue weighted by atomic mass is 9.91. The van der Waals surface area contributed by atoms with Gasteiger partial charge in [-0.25, -0.2) is 4.98 Å². The van der Waals surface area contributed by atoms with Crippen molar-refractivity contribution < 1.29 is 19.0 Å². The highest BCUT2D eigenvalue weighted by Gasteiger charge is 2.25. The lowest BCUT2D eigenvalue weighted by Crippen LogP contribution is -2.36. The van der Waals surface area contributed by atoms with Gasteiger partial charge in [0.15, 0.2) is 11.4 Å². The normalized spacial score (nSPS) is 12.8. The lowest BCUT2D eigenvalue weighted by Gasteiger charge is -2.22. The van der Waals surface area contributed by atoms with Gasteiger partial charge in [0.2, 0.25) is 5.91 Å². The van der Waals surface area contributed by atoms with E-state index in [2.05, 4.69) is 19.2 Å². The fraction of sp³-hybridized carbons (Fsp3) is 0.333. The number of hydrogen-bond donors (Lipinski definition) is 1. The van der Waals surface area contributed by atoms with Gasteiger partial charge in [0.05, 0.1) is 19.9 Å². The number of imidazole rings is 1. The molecule has 2 aromatic heterocycles. The Morgan fingerprint density at radius 3 is 2.32 bits per heavy atom. The Balaban J connectivity index is 1.72. The van der Waals surface area contributed by atoms with E-state index in [9.17, 15) is 4.79 Å². The van der Waals surface area contributed by atoms with Gasteiger partial charge in [0.1, 0.15) is 18.1 Å². The number of nitrogens with zero attached hydrogens (tertiary/aromatic N) is 2. The lowest BCUT2D eigenvalue weighted by molar-refractivity contribution is -0.122. The zero-order chi connectivity index (χ0) is 26.4. The van der Waals surface area contributed by atoms with Crippen molar-refractivity contribution in [2.24, 2.45) is 5.92 Å². The van der Waals surface area contributed by atoms with Gasteiger partial charge < -0.3 is 23.9 Å². The first-order valence-electron chi connectivity index (χ1n) is 12.5. The molecule has 0 radical (unpaired) electrons. The van der Waals surface area contributed by atoms with Crippen molar-refractivity contribution in [3.05, 3.63) is 89.9 Å². The Bertz CT molecular complexity index is 1310. The van der Waals surface area contributed by atoms with Crippen molar-refractivity contribution in [1.29, 1.82) is 0 Å². The highest BCUT2D eigenvalue weighted by atomic mass is 16.5. The number of ether oxygens (including phenoxy) is 3. The molecule has 0 fully saturated rings. The van der Waals surface area contributed by atoms with E-state index in [-0.39, 0.29) is 24.3 Å². The molecule has 2 unspecified atom stereocenters. The summed E-state index contributed by atoms with van der Waals surface area (Å²) in [4.78, 5) is 17.9. The highest BCUT2D eigenvalue weighted by Crippen LogP contribution is 2.35. The fourth-order valence-electron chi connectivity index (χ4n) is 4.20. The van der Waals surface area contributed by atoms with Crippen molar-refractivity contribution in [3.8, 4) is 17.2 Å². The fourth-order valence-corrected chi connectivity index (χ4v) is 4.20. The van der Waals surface area contributed by atoms with Gasteiger partial charge in [-0.2, -0.15) is 0 Å². The Kier molecular flexibility index (Phi) is 8.33. The molecule has 0 bridgehead atoms. The van der Waals surface area contributed by atoms with Gasteiger partial charge in [-0.1, -0.05) is 44.2 Å². The number of fused-ring (bicyclic) bond motifs is 1. The molecule has 1 amide bonds.